The zero-order valence-electron chi connectivity index (χ0n) is 9.11. The lowest BCUT2D eigenvalue weighted by Gasteiger charge is -2.05. The molecule has 0 aliphatic carbocycles. The monoisotopic (exact) mass is 301 g/mol. The highest BCUT2D eigenvalue weighted by Gasteiger charge is 2.06. The van der Waals surface area contributed by atoms with Gasteiger partial charge in [-0.15, -0.1) is 11.8 Å². The van der Waals surface area contributed by atoms with Crippen LogP contribution in [-0.4, -0.2) is 10.1 Å². The molecule has 2 rings (SSSR count). The van der Waals surface area contributed by atoms with Crippen molar-refractivity contribution < 1.29 is 5.11 Å². The number of hydrogen-bond acceptors (Lipinski definition) is 3. The van der Waals surface area contributed by atoms with Crippen molar-refractivity contribution in [1.29, 1.82) is 0 Å². The van der Waals surface area contributed by atoms with Crippen molar-refractivity contribution in [2.24, 2.45) is 0 Å². The molecule has 2 N–H and O–H groups in total. The molecular formula is C12H9Cl2NO2S. The van der Waals surface area contributed by atoms with Crippen molar-refractivity contribution in [3.05, 3.63) is 56.4 Å². The largest absolute Gasteiger partial charge is 0.503 e. The minimum Gasteiger partial charge on any atom is -0.503 e. The molecule has 1 aromatic carbocycles. The predicted molar refractivity (Wildman–Crippen MR) is 74.8 cm³/mol. The molecule has 3 nitrogen and oxygen atoms in total. The third-order valence-corrected chi connectivity index (χ3v) is 4.29. The van der Waals surface area contributed by atoms with Crippen molar-refractivity contribution in [3.63, 3.8) is 0 Å². The second kappa shape index (κ2) is 5.69. The smallest absolute Gasteiger partial charge is 0.223 e. The van der Waals surface area contributed by atoms with E-state index in [1.54, 1.807) is 6.07 Å². The molecule has 0 fully saturated rings. The van der Waals surface area contributed by atoms with Crippen LogP contribution in [-0.2, 0) is 5.75 Å². The Labute approximate surface area is 118 Å². The molecule has 0 spiro atoms. The van der Waals surface area contributed by atoms with E-state index in [1.807, 2.05) is 12.1 Å². The summed E-state index contributed by atoms with van der Waals surface area (Å²) in [7, 11) is 0. The number of aromatic hydroxyl groups is 1. The van der Waals surface area contributed by atoms with E-state index in [-0.39, 0.29) is 5.75 Å². The van der Waals surface area contributed by atoms with Gasteiger partial charge in [-0.05, 0) is 12.1 Å². The number of aromatic nitrogens is 1. The molecule has 1 heterocycles. The second-order valence-electron chi connectivity index (χ2n) is 3.55. The first-order valence-electron chi connectivity index (χ1n) is 5.05. The standard InChI is InChI=1S/C12H9Cl2NO2S/c13-8-2-1-3-11(12(8)14)18-6-7-4-9(16)10(17)5-15-7/h1-5,17H,6H2,(H,15,16). The van der Waals surface area contributed by atoms with Crippen LogP contribution in [0, 0.1) is 0 Å². The molecule has 6 heteroatoms. The molecule has 94 valence electrons. The van der Waals surface area contributed by atoms with Crippen molar-refractivity contribution >= 4 is 35.0 Å². The summed E-state index contributed by atoms with van der Waals surface area (Å²) in [4.78, 5) is 14.9. The van der Waals surface area contributed by atoms with Crippen LogP contribution in [0.25, 0.3) is 0 Å². The van der Waals surface area contributed by atoms with E-state index in [9.17, 15) is 4.79 Å². The Hall–Kier alpha value is -1.10. The zero-order valence-corrected chi connectivity index (χ0v) is 11.4. The maximum atomic E-state index is 11.2. The third kappa shape index (κ3) is 3.02. The summed E-state index contributed by atoms with van der Waals surface area (Å²) in [6.45, 7) is 0. The molecule has 0 unspecified atom stereocenters. The Bertz CT molecular complexity index is 628. The number of halogens is 2. The van der Waals surface area contributed by atoms with Crippen molar-refractivity contribution in [2.45, 2.75) is 10.6 Å². The quantitative estimate of drug-likeness (QED) is 0.850. The van der Waals surface area contributed by atoms with Gasteiger partial charge in [0, 0.05) is 28.6 Å². The molecule has 0 radical (unpaired) electrons. The molecule has 0 aliphatic heterocycles. The summed E-state index contributed by atoms with van der Waals surface area (Å²) >= 11 is 13.4. The summed E-state index contributed by atoms with van der Waals surface area (Å²) in [5.74, 6) is 0.250. The van der Waals surface area contributed by atoms with Crippen LogP contribution in [0.3, 0.4) is 0 Å². The molecule has 0 aliphatic rings. The Morgan fingerprint density at radius 1 is 1.33 bits per heavy atom. The Morgan fingerprint density at radius 2 is 2.11 bits per heavy atom. The summed E-state index contributed by atoms with van der Waals surface area (Å²) in [6.07, 6.45) is 1.28. The van der Waals surface area contributed by atoms with Crippen LogP contribution in [0.5, 0.6) is 5.75 Å². The highest BCUT2D eigenvalue weighted by atomic mass is 35.5. The van der Waals surface area contributed by atoms with Crippen LogP contribution in [0.2, 0.25) is 10.0 Å². The first kappa shape index (κ1) is 13.3. The van der Waals surface area contributed by atoms with Crippen molar-refractivity contribution in [3.8, 4) is 5.75 Å². The van der Waals surface area contributed by atoms with Gasteiger partial charge in [0.15, 0.2) is 5.75 Å². The number of hydrogen-bond donors (Lipinski definition) is 2. The maximum absolute atomic E-state index is 11.2. The van der Waals surface area contributed by atoms with Gasteiger partial charge in [0.25, 0.3) is 0 Å². The van der Waals surface area contributed by atoms with Crippen LogP contribution in [0.15, 0.2) is 40.2 Å². The highest BCUT2D eigenvalue weighted by Crippen LogP contribution is 2.34. The summed E-state index contributed by atoms with van der Waals surface area (Å²) < 4.78 is 0. The minimum absolute atomic E-state index is 0.287. The van der Waals surface area contributed by atoms with Gasteiger partial charge in [0.1, 0.15) is 0 Å². The lowest BCUT2D eigenvalue weighted by Crippen LogP contribution is -2.01. The predicted octanol–water partition coefficient (Wildman–Crippen LogP) is 3.68. The van der Waals surface area contributed by atoms with Crippen LogP contribution >= 0.6 is 35.0 Å². The summed E-state index contributed by atoms with van der Waals surface area (Å²) in [5, 5.41) is 10.1. The Morgan fingerprint density at radius 3 is 2.83 bits per heavy atom. The highest BCUT2D eigenvalue weighted by molar-refractivity contribution is 7.98. The fraction of sp³-hybridized carbons (Fsp3) is 0.0833. The van der Waals surface area contributed by atoms with Gasteiger partial charge in [-0.1, -0.05) is 29.3 Å². The van der Waals surface area contributed by atoms with Gasteiger partial charge in [0.2, 0.25) is 5.43 Å². The van der Waals surface area contributed by atoms with Gasteiger partial charge in [-0.25, -0.2) is 0 Å². The van der Waals surface area contributed by atoms with Crippen LogP contribution in [0.4, 0.5) is 0 Å². The van der Waals surface area contributed by atoms with E-state index in [0.29, 0.717) is 21.5 Å². The minimum atomic E-state index is -0.401. The number of pyridine rings is 1. The SMILES string of the molecule is O=c1cc(CSc2cccc(Cl)c2Cl)[nH]cc1O. The van der Waals surface area contributed by atoms with Crippen molar-refractivity contribution in [1.82, 2.24) is 4.98 Å². The lowest BCUT2D eigenvalue weighted by atomic mass is 10.3. The molecule has 0 saturated heterocycles. The molecule has 0 amide bonds. The van der Waals surface area contributed by atoms with E-state index < -0.39 is 5.43 Å². The summed E-state index contributed by atoms with van der Waals surface area (Å²) in [6, 6.07) is 6.75. The third-order valence-electron chi connectivity index (χ3n) is 2.25. The van der Waals surface area contributed by atoms with Gasteiger partial charge in [0.05, 0.1) is 10.0 Å². The lowest BCUT2D eigenvalue weighted by molar-refractivity contribution is 0.467. The number of nitrogens with one attached hydrogen (secondary N) is 1. The van der Waals surface area contributed by atoms with Gasteiger partial charge in [-0.2, -0.15) is 0 Å². The summed E-state index contributed by atoms with van der Waals surface area (Å²) in [5.41, 5.74) is 0.306. The first-order chi connectivity index (χ1) is 8.58. The maximum Gasteiger partial charge on any atom is 0.223 e. The number of aromatic amines is 1. The van der Waals surface area contributed by atoms with Gasteiger partial charge < -0.3 is 10.1 Å². The average molecular weight is 302 g/mol. The molecule has 0 saturated carbocycles. The second-order valence-corrected chi connectivity index (χ2v) is 5.35. The van der Waals surface area contributed by atoms with E-state index in [2.05, 4.69) is 4.98 Å². The number of thioether (sulfide) groups is 1. The zero-order chi connectivity index (χ0) is 13.1. The van der Waals surface area contributed by atoms with Crippen LogP contribution in [0.1, 0.15) is 5.69 Å². The normalized spacial score (nSPS) is 10.6. The van der Waals surface area contributed by atoms with Gasteiger partial charge >= 0.3 is 0 Å². The van der Waals surface area contributed by atoms with E-state index >= 15 is 0 Å². The van der Waals surface area contributed by atoms with Crippen LogP contribution < -0.4 is 5.43 Å². The molecule has 2 aromatic rings. The molecule has 0 atom stereocenters. The fourth-order valence-corrected chi connectivity index (χ4v) is 2.75. The molecule has 0 bridgehead atoms. The van der Waals surface area contributed by atoms with Crippen molar-refractivity contribution in [2.75, 3.05) is 0 Å². The average Bonchev–Trinajstić information content (AvgIpc) is 2.35. The van der Waals surface area contributed by atoms with Gasteiger partial charge in [-0.3, -0.25) is 4.79 Å². The fourth-order valence-electron chi connectivity index (χ4n) is 1.34. The molecular weight excluding hydrogens is 293 g/mol. The number of rotatable bonds is 3. The number of H-pyrrole nitrogens is 1. The van der Waals surface area contributed by atoms with E-state index in [0.717, 1.165) is 4.90 Å². The van der Waals surface area contributed by atoms with E-state index in [4.69, 9.17) is 28.3 Å². The Kier molecular flexibility index (Phi) is 4.22. The number of benzene rings is 1. The molecule has 1 aromatic heterocycles. The topological polar surface area (TPSA) is 53.1 Å². The Balaban J connectivity index is 2.14. The first-order valence-corrected chi connectivity index (χ1v) is 6.79. The molecule has 18 heavy (non-hydrogen) atoms. The van der Waals surface area contributed by atoms with E-state index in [1.165, 1.54) is 24.0 Å².